The van der Waals surface area contributed by atoms with Crippen LogP contribution in [-0.2, 0) is 17.8 Å². The molecule has 0 amide bonds. The highest BCUT2D eigenvalue weighted by atomic mass is 19.1. The Morgan fingerprint density at radius 1 is 1.18 bits per heavy atom. The van der Waals surface area contributed by atoms with Crippen LogP contribution in [0.5, 0.6) is 5.75 Å². The summed E-state index contributed by atoms with van der Waals surface area (Å²) in [4.78, 5) is 22.4. The number of carbonyl (C=O) groups excluding carboxylic acids is 1. The minimum absolute atomic E-state index is 0.156. The van der Waals surface area contributed by atoms with E-state index in [9.17, 15) is 14.0 Å². The zero-order valence-corrected chi connectivity index (χ0v) is 12.0. The minimum Gasteiger partial charge on any atom is -0.489 e. The minimum atomic E-state index is -1.02. The van der Waals surface area contributed by atoms with Crippen LogP contribution in [0.3, 0.4) is 0 Å². The van der Waals surface area contributed by atoms with Crippen LogP contribution >= 0.6 is 0 Å². The molecule has 0 bridgehead atoms. The Balaban J connectivity index is 2.17. The molecule has 0 saturated heterocycles. The molecule has 0 aliphatic heterocycles. The summed E-state index contributed by atoms with van der Waals surface area (Å²) in [6, 6.07) is 10.7. The SMILES string of the molecule is CC(=O)c1ccc(OCc2cccc(F)c2)cc1CC(=O)O. The Morgan fingerprint density at radius 3 is 2.59 bits per heavy atom. The van der Waals surface area contributed by atoms with Gasteiger partial charge in [-0.2, -0.15) is 0 Å². The molecule has 4 nitrogen and oxygen atoms in total. The van der Waals surface area contributed by atoms with Crippen molar-refractivity contribution >= 4 is 11.8 Å². The number of halogens is 1. The smallest absolute Gasteiger partial charge is 0.307 e. The number of hydrogen-bond acceptors (Lipinski definition) is 3. The number of aliphatic carboxylic acids is 1. The molecule has 0 heterocycles. The van der Waals surface area contributed by atoms with E-state index >= 15 is 0 Å². The molecule has 2 aromatic rings. The van der Waals surface area contributed by atoms with Gasteiger partial charge in [0.2, 0.25) is 0 Å². The van der Waals surface area contributed by atoms with Crippen LogP contribution in [0, 0.1) is 5.82 Å². The van der Waals surface area contributed by atoms with Crippen molar-refractivity contribution < 1.29 is 23.8 Å². The Kier molecular flexibility index (Phi) is 4.88. The van der Waals surface area contributed by atoms with Crippen LogP contribution in [0.2, 0.25) is 0 Å². The van der Waals surface area contributed by atoms with Gasteiger partial charge in [-0.1, -0.05) is 12.1 Å². The summed E-state index contributed by atoms with van der Waals surface area (Å²) in [5.41, 5.74) is 1.42. The molecular formula is C17H15FO4. The molecule has 5 heteroatoms. The number of carboxylic acid groups (broad SMARTS) is 1. The molecule has 0 fully saturated rings. The first-order valence-electron chi connectivity index (χ1n) is 6.68. The number of carbonyl (C=O) groups is 2. The predicted molar refractivity (Wildman–Crippen MR) is 78.5 cm³/mol. The predicted octanol–water partition coefficient (Wildman–Crippen LogP) is 3.23. The summed E-state index contributed by atoms with van der Waals surface area (Å²) >= 11 is 0. The van der Waals surface area contributed by atoms with Gasteiger partial charge in [-0.25, -0.2) is 4.39 Å². The quantitative estimate of drug-likeness (QED) is 0.832. The van der Waals surface area contributed by atoms with Crippen LogP contribution in [0.25, 0.3) is 0 Å². The number of carboxylic acids is 1. The first-order valence-corrected chi connectivity index (χ1v) is 6.68. The lowest BCUT2D eigenvalue weighted by atomic mass is 10.0. The van der Waals surface area contributed by atoms with Gasteiger partial charge in [-0.15, -0.1) is 0 Å². The highest BCUT2D eigenvalue weighted by Crippen LogP contribution is 2.20. The maximum Gasteiger partial charge on any atom is 0.307 e. The van der Waals surface area contributed by atoms with Crippen molar-refractivity contribution in [2.45, 2.75) is 20.0 Å². The maximum absolute atomic E-state index is 13.1. The van der Waals surface area contributed by atoms with Gasteiger partial charge in [0, 0.05) is 5.56 Å². The van der Waals surface area contributed by atoms with Gasteiger partial charge in [-0.05, 0) is 48.4 Å². The molecule has 0 aliphatic rings. The van der Waals surface area contributed by atoms with Crippen molar-refractivity contribution in [3.63, 3.8) is 0 Å². The van der Waals surface area contributed by atoms with Gasteiger partial charge < -0.3 is 9.84 Å². The molecule has 0 aliphatic carbocycles. The van der Waals surface area contributed by atoms with E-state index in [4.69, 9.17) is 9.84 Å². The lowest BCUT2D eigenvalue weighted by molar-refractivity contribution is -0.136. The van der Waals surface area contributed by atoms with Crippen LogP contribution in [-0.4, -0.2) is 16.9 Å². The van der Waals surface area contributed by atoms with Crippen molar-refractivity contribution in [1.29, 1.82) is 0 Å². The van der Waals surface area contributed by atoms with E-state index in [1.807, 2.05) is 0 Å². The zero-order valence-electron chi connectivity index (χ0n) is 12.0. The Labute approximate surface area is 127 Å². The fraction of sp³-hybridized carbons (Fsp3) is 0.176. The maximum atomic E-state index is 13.1. The number of ketones is 1. The average Bonchev–Trinajstić information content (AvgIpc) is 2.44. The monoisotopic (exact) mass is 302 g/mol. The number of benzene rings is 2. The van der Waals surface area contributed by atoms with E-state index in [1.54, 1.807) is 24.3 Å². The molecule has 0 saturated carbocycles. The standard InChI is InChI=1S/C17H15FO4/c1-11(19)16-6-5-15(8-13(16)9-17(20)21)22-10-12-3-2-4-14(18)7-12/h2-8H,9-10H2,1H3,(H,20,21). The van der Waals surface area contributed by atoms with Crippen LogP contribution in [0.15, 0.2) is 42.5 Å². The summed E-state index contributed by atoms with van der Waals surface area (Å²) in [5, 5.41) is 8.91. The largest absolute Gasteiger partial charge is 0.489 e. The summed E-state index contributed by atoms with van der Waals surface area (Å²) in [6.45, 7) is 1.54. The first-order chi connectivity index (χ1) is 10.5. The van der Waals surface area contributed by atoms with Gasteiger partial charge in [-0.3, -0.25) is 9.59 Å². The van der Waals surface area contributed by atoms with Crippen molar-refractivity contribution in [3.05, 3.63) is 65.0 Å². The first kappa shape index (κ1) is 15.7. The Bertz CT molecular complexity index is 710. The van der Waals surface area contributed by atoms with E-state index in [1.165, 1.54) is 25.1 Å². The van der Waals surface area contributed by atoms with Gasteiger partial charge in [0.1, 0.15) is 18.2 Å². The fourth-order valence-electron chi connectivity index (χ4n) is 2.11. The third-order valence-corrected chi connectivity index (χ3v) is 3.09. The summed E-state index contributed by atoms with van der Waals surface area (Å²) in [7, 11) is 0. The zero-order chi connectivity index (χ0) is 16.1. The highest BCUT2D eigenvalue weighted by molar-refractivity contribution is 5.96. The van der Waals surface area contributed by atoms with E-state index in [-0.39, 0.29) is 24.6 Å². The van der Waals surface area contributed by atoms with E-state index in [2.05, 4.69) is 0 Å². The molecule has 0 spiro atoms. The van der Waals surface area contributed by atoms with Gasteiger partial charge in [0.05, 0.1) is 6.42 Å². The summed E-state index contributed by atoms with van der Waals surface area (Å²) in [5.74, 6) is -1.14. The van der Waals surface area contributed by atoms with Gasteiger partial charge >= 0.3 is 5.97 Å². The fourth-order valence-corrected chi connectivity index (χ4v) is 2.11. The molecule has 2 rings (SSSR count). The topological polar surface area (TPSA) is 63.6 Å². The second-order valence-corrected chi connectivity index (χ2v) is 4.86. The molecule has 0 unspecified atom stereocenters. The van der Waals surface area contributed by atoms with Crippen LogP contribution in [0.4, 0.5) is 4.39 Å². The van der Waals surface area contributed by atoms with Crippen molar-refractivity contribution in [2.24, 2.45) is 0 Å². The van der Waals surface area contributed by atoms with Gasteiger partial charge in [0.15, 0.2) is 5.78 Å². The summed E-state index contributed by atoms with van der Waals surface area (Å²) in [6.07, 6.45) is -0.258. The summed E-state index contributed by atoms with van der Waals surface area (Å²) < 4.78 is 18.6. The molecule has 1 N–H and O–H groups in total. The van der Waals surface area contributed by atoms with Gasteiger partial charge in [0.25, 0.3) is 0 Å². The lowest BCUT2D eigenvalue weighted by Gasteiger charge is -2.10. The molecular weight excluding hydrogens is 287 g/mol. The molecule has 2 aromatic carbocycles. The van der Waals surface area contributed by atoms with Crippen molar-refractivity contribution in [1.82, 2.24) is 0 Å². The molecule has 114 valence electrons. The third kappa shape index (κ3) is 4.15. The molecule has 0 aromatic heterocycles. The van der Waals surface area contributed by atoms with E-state index in [0.29, 0.717) is 22.4 Å². The molecule has 22 heavy (non-hydrogen) atoms. The van der Waals surface area contributed by atoms with Crippen LogP contribution in [0.1, 0.15) is 28.4 Å². The number of rotatable bonds is 6. The van der Waals surface area contributed by atoms with Crippen LogP contribution < -0.4 is 4.74 Å². The van der Waals surface area contributed by atoms with E-state index in [0.717, 1.165) is 0 Å². The van der Waals surface area contributed by atoms with Crippen molar-refractivity contribution in [3.8, 4) is 5.75 Å². The van der Waals surface area contributed by atoms with Crippen molar-refractivity contribution in [2.75, 3.05) is 0 Å². The highest BCUT2D eigenvalue weighted by Gasteiger charge is 2.12. The molecule has 0 radical (unpaired) electrons. The Morgan fingerprint density at radius 2 is 1.95 bits per heavy atom. The Hall–Kier alpha value is -2.69. The number of ether oxygens (including phenoxy) is 1. The normalized spacial score (nSPS) is 10.3. The molecule has 0 atom stereocenters. The average molecular weight is 302 g/mol. The lowest BCUT2D eigenvalue weighted by Crippen LogP contribution is -2.07. The number of Topliss-reactive ketones (excluding diaryl/α,β-unsaturated/α-hetero) is 1. The number of hydrogen-bond donors (Lipinski definition) is 1. The van der Waals surface area contributed by atoms with E-state index < -0.39 is 5.97 Å². The third-order valence-electron chi connectivity index (χ3n) is 3.09. The second kappa shape index (κ2) is 6.85. The second-order valence-electron chi connectivity index (χ2n) is 4.86.